The average molecular weight is 368 g/mol. The number of aryl methyl sites for hydroxylation is 1. The molecular weight excluding hydrogens is 344 g/mol. The molecule has 0 amide bonds. The molecule has 0 unspecified atom stereocenters. The number of rotatable bonds is 3. The van der Waals surface area contributed by atoms with Gasteiger partial charge in [0, 0.05) is 47.8 Å². The molecule has 1 aliphatic heterocycles. The summed E-state index contributed by atoms with van der Waals surface area (Å²) in [6.45, 7) is 4.52. The maximum Gasteiger partial charge on any atom is 0.328 e. The highest BCUT2D eigenvalue weighted by Gasteiger charge is 2.38. The van der Waals surface area contributed by atoms with Crippen LogP contribution in [0, 0.1) is 5.92 Å². The molecule has 1 fully saturated rings. The quantitative estimate of drug-likeness (QED) is 0.722. The highest BCUT2D eigenvalue weighted by atomic mass is 16.4. The Hall–Kier alpha value is -3.02. The third-order valence-corrected chi connectivity index (χ3v) is 5.16. The first kappa shape index (κ1) is 18.8. The van der Waals surface area contributed by atoms with Gasteiger partial charge in [-0.05, 0) is 43.5 Å². The van der Waals surface area contributed by atoms with Gasteiger partial charge in [-0.25, -0.2) is 9.59 Å². The topological polar surface area (TPSA) is 93.6 Å². The number of nitrogens with one attached hydrogen (secondary N) is 1. The summed E-state index contributed by atoms with van der Waals surface area (Å²) in [6, 6.07) is 8.79. The lowest BCUT2D eigenvalue weighted by atomic mass is 9.79. The molecule has 3 N–H and O–H groups in total. The Morgan fingerprint density at radius 2 is 1.85 bits per heavy atom. The van der Waals surface area contributed by atoms with Crippen LogP contribution in [0.15, 0.2) is 48.7 Å². The van der Waals surface area contributed by atoms with E-state index in [9.17, 15) is 9.59 Å². The summed E-state index contributed by atoms with van der Waals surface area (Å²) in [4.78, 5) is 25.2. The SMILES string of the molecule is CC=CN1C[C@H]2CCc3[nH]c4ccccc4c3[C@H]2C1.O=C(O)/C=C/C(=O)O. The molecule has 1 saturated heterocycles. The number of aromatic nitrogens is 1. The number of aromatic amines is 1. The number of hydrogen-bond donors (Lipinski definition) is 3. The van der Waals surface area contributed by atoms with Crippen LogP contribution in [0.2, 0.25) is 0 Å². The van der Waals surface area contributed by atoms with Crippen LogP contribution in [-0.2, 0) is 16.0 Å². The second-order valence-corrected chi connectivity index (χ2v) is 6.91. The summed E-state index contributed by atoms with van der Waals surface area (Å²) in [7, 11) is 0. The molecule has 142 valence electrons. The smallest absolute Gasteiger partial charge is 0.328 e. The maximum absolute atomic E-state index is 9.55. The molecular formula is C21H24N2O4. The van der Waals surface area contributed by atoms with Gasteiger partial charge in [0.1, 0.15) is 0 Å². The highest BCUT2D eigenvalue weighted by Crippen LogP contribution is 2.44. The van der Waals surface area contributed by atoms with Crippen molar-refractivity contribution in [2.75, 3.05) is 13.1 Å². The van der Waals surface area contributed by atoms with Crippen LogP contribution in [0.5, 0.6) is 0 Å². The van der Waals surface area contributed by atoms with Gasteiger partial charge in [-0.15, -0.1) is 0 Å². The Morgan fingerprint density at radius 1 is 1.15 bits per heavy atom. The summed E-state index contributed by atoms with van der Waals surface area (Å²) in [5, 5.41) is 17.1. The number of benzene rings is 1. The first-order chi connectivity index (χ1) is 13.0. The number of carbonyl (C=O) groups is 2. The van der Waals surface area contributed by atoms with E-state index in [0.29, 0.717) is 12.2 Å². The third kappa shape index (κ3) is 4.22. The first-order valence-corrected chi connectivity index (χ1v) is 9.10. The number of likely N-dealkylation sites (tertiary alicyclic amines) is 1. The number of fused-ring (bicyclic) bond motifs is 5. The molecule has 1 aromatic carbocycles. The largest absolute Gasteiger partial charge is 0.478 e. The molecule has 0 saturated carbocycles. The van der Waals surface area contributed by atoms with Crippen LogP contribution in [0.3, 0.4) is 0 Å². The first-order valence-electron chi connectivity index (χ1n) is 9.10. The zero-order chi connectivity index (χ0) is 19.4. The van der Waals surface area contributed by atoms with Gasteiger partial charge in [0.2, 0.25) is 0 Å². The van der Waals surface area contributed by atoms with Gasteiger partial charge in [-0.2, -0.15) is 0 Å². The molecule has 2 heterocycles. The lowest BCUT2D eigenvalue weighted by Gasteiger charge is -2.24. The predicted molar refractivity (Wildman–Crippen MR) is 104 cm³/mol. The van der Waals surface area contributed by atoms with Crippen molar-refractivity contribution in [2.45, 2.75) is 25.7 Å². The number of hydrogen-bond acceptors (Lipinski definition) is 3. The van der Waals surface area contributed by atoms with Gasteiger partial charge in [0.25, 0.3) is 0 Å². The van der Waals surface area contributed by atoms with E-state index in [4.69, 9.17) is 10.2 Å². The standard InChI is InChI=1S/C17H20N2.C4H4O4/c1-2-9-19-10-12-7-8-16-17(14(12)11-19)13-5-3-4-6-15(13)18-16;5-3(6)1-2-4(7)8/h2-6,9,12,14,18H,7-8,10-11H2,1H3;1-2H,(H,5,6)(H,7,8)/b;2-1+/t12-,14+;/m1./s1. The van der Waals surface area contributed by atoms with Crippen molar-refractivity contribution < 1.29 is 19.8 Å². The summed E-state index contributed by atoms with van der Waals surface area (Å²) >= 11 is 0. The van der Waals surface area contributed by atoms with Crippen molar-refractivity contribution in [1.82, 2.24) is 9.88 Å². The molecule has 2 atom stereocenters. The van der Waals surface area contributed by atoms with Gasteiger partial charge in [0.05, 0.1) is 0 Å². The van der Waals surface area contributed by atoms with Crippen LogP contribution < -0.4 is 0 Å². The van der Waals surface area contributed by atoms with Crippen LogP contribution in [0.1, 0.15) is 30.5 Å². The molecule has 6 heteroatoms. The number of carboxylic acid groups (broad SMARTS) is 2. The zero-order valence-corrected chi connectivity index (χ0v) is 15.3. The monoisotopic (exact) mass is 368 g/mol. The minimum atomic E-state index is -1.26. The van der Waals surface area contributed by atoms with E-state index in [1.165, 1.54) is 42.5 Å². The van der Waals surface area contributed by atoms with E-state index >= 15 is 0 Å². The van der Waals surface area contributed by atoms with Crippen LogP contribution in [-0.4, -0.2) is 45.1 Å². The van der Waals surface area contributed by atoms with Gasteiger partial charge in [-0.1, -0.05) is 24.3 Å². The van der Waals surface area contributed by atoms with Gasteiger partial charge in [0.15, 0.2) is 0 Å². The minimum absolute atomic E-state index is 0.558. The minimum Gasteiger partial charge on any atom is -0.478 e. The van der Waals surface area contributed by atoms with Gasteiger partial charge < -0.3 is 20.1 Å². The maximum atomic E-state index is 9.55. The summed E-state index contributed by atoms with van der Waals surface area (Å²) in [6.07, 6.45) is 8.08. The lowest BCUT2D eigenvalue weighted by molar-refractivity contribution is -0.134. The van der Waals surface area contributed by atoms with E-state index in [1.54, 1.807) is 5.56 Å². The van der Waals surface area contributed by atoms with Crippen molar-refractivity contribution in [3.63, 3.8) is 0 Å². The number of aliphatic carboxylic acids is 2. The number of carboxylic acids is 2. The highest BCUT2D eigenvalue weighted by molar-refractivity contribution is 5.89. The third-order valence-electron chi connectivity index (χ3n) is 5.16. The van der Waals surface area contributed by atoms with Crippen molar-refractivity contribution in [2.24, 2.45) is 5.92 Å². The number of allylic oxidation sites excluding steroid dienone is 1. The number of para-hydroxylation sites is 1. The van der Waals surface area contributed by atoms with Crippen molar-refractivity contribution in [3.8, 4) is 0 Å². The van der Waals surface area contributed by atoms with Gasteiger partial charge in [-0.3, -0.25) is 0 Å². The fourth-order valence-corrected chi connectivity index (χ4v) is 4.17. The fourth-order valence-electron chi connectivity index (χ4n) is 4.17. The second kappa shape index (κ2) is 8.12. The molecule has 27 heavy (non-hydrogen) atoms. The normalized spacial score (nSPS) is 21.1. The molecule has 0 spiro atoms. The van der Waals surface area contributed by atoms with E-state index in [0.717, 1.165) is 11.8 Å². The zero-order valence-electron chi connectivity index (χ0n) is 15.3. The van der Waals surface area contributed by atoms with Crippen LogP contribution >= 0.6 is 0 Å². The molecule has 2 aliphatic rings. The molecule has 2 aromatic rings. The number of nitrogens with zero attached hydrogens (tertiary/aromatic N) is 1. The summed E-state index contributed by atoms with van der Waals surface area (Å²) in [5.41, 5.74) is 4.42. The molecule has 4 rings (SSSR count). The molecule has 0 bridgehead atoms. The Morgan fingerprint density at radius 3 is 2.52 bits per heavy atom. The molecule has 0 radical (unpaired) electrons. The van der Waals surface area contributed by atoms with Crippen molar-refractivity contribution in [3.05, 3.63) is 60.0 Å². The van der Waals surface area contributed by atoms with E-state index < -0.39 is 11.9 Å². The Kier molecular flexibility index (Phi) is 5.64. The summed E-state index contributed by atoms with van der Waals surface area (Å²) in [5.74, 6) is -0.959. The van der Waals surface area contributed by atoms with Crippen molar-refractivity contribution in [1.29, 1.82) is 0 Å². The van der Waals surface area contributed by atoms with Crippen LogP contribution in [0.4, 0.5) is 0 Å². The average Bonchev–Trinajstić information content (AvgIpc) is 3.20. The van der Waals surface area contributed by atoms with Crippen LogP contribution in [0.25, 0.3) is 10.9 Å². The Balaban J connectivity index is 0.000000226. The lowest BCUT2D eigenvalue weighted by Crippen LogP contribution is -2.18. The number of H-pyrrole nitrogens is 1. The Bertz CT molecular complexity index is 881. The predicted octanol–water partition coefficient (Wildman–Crippen LogP) is 3.37. The molecule has 1 aliphatic carbocycles. The van der Waals surface area contributed by atoms with E-state index in [1.807, 2.05) is 0 Å². The second-order valence-electron chi connectivity index (χ2n) is 6.91. The molecule has 6 nitrogen and oxygen atoms in total. The fraction of sp³-hybridized carbons (Fsp3) is 0.333. The summed E-state index contributed by atoms with van der Waals surface area (Å²) < 4.78 is 0. The van der Waals surface area contributed by atoms with Crippen molar-refractivity contribution >= 4 is 22.8 Å². The molecule has 1 aromatic heterocycles. The van der Waals surface area contributed by atoms with E-state index in [2.05, 4.69) is 53.3 Å². The van der Waals surface area contributed by atoms with Gasteiger partial charge >= 0.3 is 11.9 Å². The Labute approximate surface area is 157 Å². The van der Waals surface area contributed by atoms with E-state index in [-0.39, 0.29) is 0 Å².